The van der Waals surface area contributed by atoms with Gasteiger partial charge in [0, 0.05) is 18.3 Å². The highest BCUT2D eigenvalue weighted by molar-refractivity contribution is 7.13. The number of nitrogens with zero attached hydrogens (tertiary/aromatic N) is 2. The second-order valence-electron chi connectivity index (χ2n) is 4.42. The molecule has 1 aliphatic carbocycles. The summed E-state index contributed by atoms with van der Waals surface area (Å²) in [5.41, 5.74) is 3.33. The van der Waals surface area contributed by atoms with Gasteiger partial charge in [0.25, 0.3) is 5.91 Å². The third-order valence-corrected chi connectivity index (χ3v) is 3.96. The van der Waals surface area contributed by atoms with Crippen LogP contribution in [0.25, 0.3) is 0 Å². The molecule has 19 heavy (non-hydrogen) atoms. The van der Waals surface area contributed by atoms with Gasteiger partial charge in [-0.15, -0.1) is 11.3 Å². The Labute approximate surface area is 114 Å². The van der Waals surface area contributed by atoms with Gasteiger partial charge < -0.3 is 0 Å². The predicted molar refractivity (Wildman–Crippen MR) is 70.6 cm³/mol. The number of carbonyl (C=O) groups is 1. The molecule has 0 unspecified atom stereocenters. The van der Waals surface area contributed by atoms with E-state index in [1.807, 2.05) is 12.1 Å². The maximum Gasteiger partial charge on any atom is 0.286 e. The minimum atomic E-state index is -0.242. The number of carbonyl (C=O) groups excluding carboxylic acids is 1. The van der Waals surface area contributed by atoms with Gasteiger partial charge in [0.2, 0.25) is 0 Å². The Balaban J connectivity index is 1.50. The Morgan fingerprint density at radius 3 is 3.11 bits per heavy atom. The molecule has 0 radical (unpaired) electrons. The zero-order valence-corrected chi connectivity index (χ0v) is 11.0. The van der Waals surface area contributed by atoms with Gasteiger partial charge in [0.15, 0.2) is 0 Å². The number of pyridine rings is 1. The normalized spacial score (nSPS) is 14.3. The van der Waals surface area contributed by atoms with Crippen LogP contribution in [0.3, 0.4) is 0 Å². The molecule has 2 aromatic heterocycles. The summed E-state index contributed by atoms with van der Waals surface area (Å²) >= 11 is 1.44. The van der Waals surface area contributed by atoms with Crippen LogP contribution in [-0.4, -0.2) is 15.9 Å². The predicted octanol–water partition coefficient (Wildman–Crippen LogP) is 2.28. The van der Waals surface area contributed by atoms with Crippen molar-refractivity contribution in [2.75, 3.05) is 0 Å². The van der Waals surface area contributed by atoms with Crippen molar-refractivity contribution in [1.29, 1.82) is 0 Å². The van der Waals surface area contributed by atoms with E-state index in [-0.39, 0.29) is 5.91 Å². The first-order valence-corrected chi connectivity index (χ1v) is 6.91. The summed E-state index contributed by atoms with van der Waals surface area (Å²) in [7, 11) is 0. The zero-order chi connectivity index (χ0) is 13.1. The van der Waals surface area contributed by atoms with E-state index in [1.54, 1.807) is 18.6 Å². The van der Waals surface area contributed by atoms with Gasteiger partial charge >= 0.3 is 0 Å². The number of amides is 1. The molecule has 1 fully saturated rings. The van der Waals surface area contributed by atoms with Crippen LogP contribution in [0.5, 0.6) is 0 Å². The summed E-state index contributed by atoms with van der Waals surface area (Å²) < 4.78 is 0. The molecule has 2 heterocycles. The van der Waals surface area contributed by atoms with Crippen molar-refractivity contribution in [3.05, 3.63) is 46.2 Å². The van der Waals surface area contributed by atoms with Crippen molar-refractivity contribution in [2.45, 2.75) is 25.4 Å². The number of hydrogen-bond acceptors (Lipinski definition) is 5. The quantitative estimate of drug-likeness (QED) is 0.850. The number of hydroxylamine groups is 1. The number of nitrogens with one attached hydrogen (secondary N) is 1. The minimum absolute atomic E-state index is 0.242. The topological polar surface area (TPSA) is 64.1 Å². The largest absolute Gasteiger partial charge is 0.286 e. The van der Waals surface area contributed by atoms with E-state index in [2.05, 4.69) is 15.4 Å². The maximum absolute atomic E-state index is 11.8. The minimum Gasteiger partial charge on any atom is -0.269 e. The highest BCUT2D eigenvalue weighted by atomic mass is 32.1. The van der Waals surface area contributed by atoms with Gasteiger partial charge in [-0.1, -0.05) is 6.07 Å². The Kier molecular flexibility index (Phi) is 3.52. The van der Waals surface area contributed by atoms with Crippen molar-refractivity contribution in [1.82, 2.24) is 15.4 Å². The van der Waals surface area contributed by atoms with Crippen molar-refractivity contribution in [2.24, 2.45) is 0 Å². The van der Waals surface area contributed by atoms with E-state index >= 15 is 0 Å². The molecule has 3 rings (SSSR count). The lowest BCUT2D eigenvalue weighted by molar-refractivity contribution is 0.0236. The van der Waals surface area contributed by atoms with E-state index in [4.69, 9.17) is 4.84 Å². The molecule has 98 valence electrons. The standard InChI is InChI=1S/C13H13N3O2S/c17-12(11-7-15-13(19-11)10-3-4-10)16-18-8-9-2-1-5-14-6-9/h1-2,5-7,10H,3-4,8H2,(H,16,17). The summed E-state index contributed by atoms with van der Waals surface area (Å²) in [6.45, 7) is 0.299. The number of thiazole rings is 1. The fourth-order valence-corrected chi connectivity index (χ4v) is 2.60. The fraction of sp³-hybridized carbons (Fsp3) is 0.308. The first-order valence-electron chi connectivity index (χ1n) is 6.09. The summed E-state index contributed by atoms with van der Waals surface area (Å²) in [5.74, 6) is 0.330. The number of hydrogen-bond donors (Lipinski definition) is 1. The number of aromatic nitrogens is 2. The molecular weight excluding hydrogens is 262 g/mol. The molecule has 5 nitrogen and oxygen atoms in total. The van der Waals surface area contributed by atoms with Crippen molar-refractivity contribution < 1.29 is 9.63 Å². The van der Waals surface area contributed by atoms with Gasteiger partial charge in [-0.3, -0.25) is 14.6 Å². The number of rotatable bonds is 5. The summed E-state index contributed by atoms with van der Waals surface area (Å²) in [6.07, 6.45) is 7.38. The van der Waals surface area contributed by atoms with Crippen LogP contribution < -0.4 is 5.48 Å². The lowest BCUT2D eigenvalue weighted by Gasteiger charge is -2.03. The van der Waals surface area contributed by atoms with Crippen LogP contribution in [-0.2, 0) is 11.4 Å². The fourth-order valence-electron chi connectivity index (χ4n) is 1.63. The highest BCUT2D eigenvalue weighted by Crippen LogP contribution is 2.41. The molecule has 2 aromatic rings. The average molecular weight is 275 g/mol. The lowest BCUT2D eigenvalue weighted by atomic mass is 10.3. The highest BCUT2D eigenvalue weighted by Gasteiger charge is 2.27. The van der Waals surface area contributed by atoms with E-state index in [1.165, 1.54) is 24.2 Å². The summed E-state index contributed by atoms with van der Waals surface area (Å²) in [5, 5.41) is 1.05. The zero-order valence-electron chi connectivity index (χ0n) is 10.2. The van der Waals surface area contributed by atoms with Crippen molar-refractivity contribution in [3.63, 3.8) is 0 Å². The van der Waals surface area contributed by atoms with Gasteiger partial charge in [-0.05, 0) is 24.5 Å². The molecule has 1 amide bonds. The molecule has 1 saturated carbocycles. The van der Waals surface area contributed by atoms with Crippen LogP contribution in [0.4, 0.5) is 0 Å². The van der Waals surface area contributed by atoms with Gasteiger partial charge in [0.05, 0.1) is 11.2 Å². The van der Waals surface area contributed by atoms with Gasteiger partial charge in [0.1, 0.15) is 11.5 Å². The molecule has 6 heteroatoms. The van der Waals surface area contributed by atoms with Crippen LogP contribution in [0.15, 0.2) is 30.7 Å². The van der Waals surface area contributed by atoms with E-state index < -0.39 is 0 Å². The van der Waals surface area contributed by atoms with Gasteiger partial charge in [-0.25, -0.2) is 10.5 Å². The van der Waals surface area contributed by atoms with Crippen LogP contribution in [0.2, 0.25) is 0 Å². The SMILES string of the molecule is O=C(NOCc1cccnc1)c1cnc(C2CC2)s1. The third kappa shape index (κ3) is 3.15. The summed E-state index contributed by atoms with van der Waals surface area (Å²) in [4.78, 5) is 25.8. The Bertz CT molecular complexity index is 566. The first kappa shape index (κ1) is 12.3. The smallest absolute Gasteiger partial charge is 0.269 e. The molecule has 0 atom stereocenters. The van der Waals surface area contributed by atoms with Crippen molar-refractivity contribution >= 4 is 17.2 Å². The summed E-state index contributed by atoms with van der Waals surface area (Å²) in [6, 6.07) is 3.71. The molecule has 1 aliphatic rings. The van der Waals surface area contributed by atoms with E-state index in [9.17, 15) is 4.79 Å². The third-order valence-electron chi connectivity index (χ3n) is 2.80. The molecule has 0 spiro atoms. The van der Waals surface area contributed by atoms with Crippen molar-refractivity contribution in [3.8, 4) is 0 Å². The Hall–Kier alpha value is -1.79. The maximum atomic E-state index is 11.8. The molecule has 0 bridgehead atoms. The van der Waals surface area contributed by atoms with E-state index in [0.717, 1.165) is 10.6 Å². The van der Waals surface area contributed by atoms with Crippen LogP contribution in [0.1, 0.15) is 39.0 Å². The second kappa shape index (κ2) is 5.46. The first-order chi connectivity index (χ1) is 9.33. The van der Waals surface area contributed by atoms with Crippen LogP contribution in [0, 0.1) is 0 Å². The molecule has 0 aromatic carbocycles. The molecule has 0 aliphatic heterocycles. The van der Waals surface area contributed by atoms with Crippen LogP contribution >= 0.6 is 11.3 Å². The molecule has 1 N–H and O–H groups in total. The average Bonchev–Trinajstić information content (AvgIpc) is 3.17. The Morgan fingerprint density at radius 1 is 1.47 bits per heavy atom. The Morgan fingerprint density at radius 2 is 2.37 bits per heavy atom. The monoisotopic (exact) mass is 275 g/mol. The van der Waals surface area contributed by atoms with E-state index in [0.29, 0.717) is 17.4 Å². The molecular formula is C13H13N3O2S. The molecule has 0 saturated heterocycles. The van der Waals surface area contributed by atoms with Gasteiger partial charge in [-0.2, -0.15) is 0 Å². The second-order valence-corrected chi connectivity index (χ2v) is 5.48. The lowest BCUT2D eigenvalue weighted by Crippen LogP contribution is -2.22.